The molecule has 1 rings (SSSR count). The number of hydrogen-bond acceptors (Lipinski definition) is 2. The van der Waals surface area contributed by atoms with Gasteiger partial charge in [-0.1, -0.05) is 0 Å². The molecule has 0 aliphatic rings. The normalized spacial score (nSPS) is 8.73. The van der Waals surface area contributed by atoms with Crippen LogP contribution in [0.4, 0.5) is 0 Å². The summed E-state index contributed by atoms with van der Waals surface area (Å²) < 4.78 is 4.89. The molecule has 0 bridgehead atoms. The molecule has 0 saturated heterocycles. The molecule has 0 N–H and O–H groups in total. The van der Waals surface area contributed by atoms with Crippen LogP contribution in [-0.4, -0.2) is 16.8 Å². The molecule has 4 heteroatoms. The molecule has 1 aromatic rings. The van der Waals surface area contributed by atoms with Crippen LogP contribution in [0, 0.1) is 0 Å². The number of hydrogen-bond donors (Lipinski definition) is 0. The lowest BCUT2D eigenvalue weighted by Crippen LogP contribution is -2.02. The molecule has 0 fully saturated rings. The van der Waals surface area contributed by atoms with Crippen LogP contribution in [0.5, 0.6) is 0 Å². The largest absolute Gasteiger partial charge is 0.469 e. The maximum absolute atomic E-state index is 10.7. The third-order valence-electron chi connectivity index (χ3n) is 1.13. The van der Waals surface area contributed by atoms with Crippen molar-refractivity contribution in [1.29, 1.82) is 0 Å². The van der Waals surface area contributed by atoms with Gasteiger partial charge in [0.2, 0.25) is 5.78 Å². The fourth-order valence-corrected chi connectivity index (χ4v) is 0.695. The van der Waals surface area contributed by atoms with Gasteiger partial charge in [-0.3, -0.25) is 4.79 Å². The highest BCUT2D eigenvalue weighted by molar-refractivity contribution is 6.25. The first kappa shape index (κ1) is 7.44. The molecule has 1 heterocycles. The summed E-state index contributed by atoms with van der Waals surface area (Å²) in [5.41, 5.74) is 7.98. The Labute approximate surface area is 63.1 Å². The van der Waals surface area contributed by atoms with E-state index in [4.69, 9.17) is 9.95 Å². The highest BCUT2D eigenvalue weighted by Crippen LogP contribution is 1.99. The molecule has 0 saturated carbocycles. The maximum atomic E-state index is 10.7. The lowest BCUT2D eigenvalue weighted by molar-refractivity contribution is -0.115. The number of ketones is 1. The first-order valence-corrected chi connectivity index (χ1v) is 3.05. The standard InChI is InChI=1S/C7H6N2O2/c8-9-5-6(10)4-7-2-1-3-11-7/h1-3,5H,4H2. The van der Waals surface area contributed by atoms with Crippen LogP contribution in [0.25, 0.3) is 5.53 Å². The van der Waals surface area contributed by atoms with Crippen molar-refractivity contribution in [2.24, 2.45) is 0 Å². The van der Waals surface area contributed by atoms with E-state index < -0.39 is 0 Å². The summed E-state index contributed by atoms with van der Waals surface area (Å²) in [7, 11) is 0. The smallest absolute Gasteiger partial charge is 0.323 e. The number of carbonyl (C=O) groups excluding carboxylic acids is 1. The van der Waals surface area contributed by atoms with Crippen LogP contribution in [0.3, 0.4) is 0 Å². The number of carbonyl (C=O) groups is 1. The molecule has 0 aliphatic carbocycles. The second kappa shape index (κ2) is 3.49. The third kappa shape index (κ3) is 2.20. The first-order chi connectivity index (χ1) is 5.33. The molecule has 0 aromatic carbocycles. The average Bonchev–Trinajstić information content (AvgIpc) is 2.40. The van der Waals surface area contributed by atoms with E-state index in [1.165, 1.54) is 6.26 Å². The summed E-state index contributed by atoms with van der Waals surface area (Å²) in [6.45, 7) is 0. The minimum absolute atomic E-state index is 0.136. The molecular weight excluding hydrogens is 144 g/mol. The maximum Gasteiger partial charge on any atom is 0.323 e. The molecule has 0 atom stereocenters. The van der Waals surface area contributed by atoms with Crippen LogP contribution in [-0.2, 0) is 11.2 Å². The Morgan fingerprint density at radius 2 is 2.64 bits per heavy atom. The van der Waals surface area contributed by atoms with Crippen molar-refractivity contribution in [1.82, 2.24) is 0 Å². The van der Waals surface area contributed by atoms with Crippen LogP contribution in [0.15, 0.2) is 22.8 Å². The van der Waals surface area contributed by atoms with E-state index in [-0.39, 0.29) is 12.2 Å². The highest BCUT2D eigenvalue weighted by Gasteiger charge is 2.05. The Hall–Kier alpha value is -1.67. The van der Waals surface area contributed by atoms with Gasteiger partial charge in [0, 0.05) is 0 Å². The van der Waals surface area contributed by atoms with Gasteiger partial charge >= 0.3 is 6.21 Å². The SMILES string of the molecule is [N-]=[N+]=CC(=O)Cc1ccco1. The Morgan fingerprint density at radius 3 is 3.18 bits per heavy atom. The molecule has 0 aliphatic heterocycles. The summed E-state index contributed by atoms with van der Waals surface area (Å²) in [5.74, 6) is 0.275. The van der Waals surface area contributed by atoms with E-state index in [9.17, 15) is 4.79 Å². The van der Waals surface area contributed by atoms with Crippen molar-refractivity contribution in [3.63, 3.8) is 0 Å². The lowest BCUT2D eigenvalue weighted by Gasteiger charge is -1.84. The van der Waals surface area contributed by atoms with Gasteiger partial charge in [0.05, 0.1) is 12.7 Å². The molecule has 0 unspecified atom stereocenters. The van der Waals surface area contributed by atoms with E-state index >= 15 is 0 Å². The van der Waals surface area contributed by atoms with Crippen molar-refractivity contribution in [3.05, 3.63) is 29.7 Å². The molecule has 0 spiro atoms. The molecule has 1 aromatic heterocycles. The summed E-state index contributed by atoms with van der Waals surface area (Å²) >= 11 is 0. The van der Waals surface area contributed by atoms with Crippen molar-refractivity contribution >= 4 is 12.0 Å². The van der Waals surface area contributed by atoms with Crippen LogP contribution < -0.4 is 0 Å². The number of Topliss-reactive ketones (excluding diaryl/α,β-unsaturated/α-hetero) is 1. The Morgan fingerprint density at radius 1 is 1.82 bits per heavy atom. The van der Waals surface area contributed by atoms with Crippen molar-refractivity contribution < 1.29 is 14.0 Å². The second-order valence-electron chi connectivity index (χ2n) is 1.97. The summed E-state index contributed by atoms with van der Waals surface area (Å²) in [4.78, 5) is 13.3. The Bertz CT molecular complexity index is 283. The van der Waals surface area contributed by atoms with E-state index in [1.54, 1.807) is 12.1 Å². The quantitative estimate of drug-likeness (QED) is 0.361. The Balaban J connectivity index is 2.57. The monoisotopic (exact) mass is 150 g/mol. The Kier molecular flexibility index (Phi) is 2.36. The predicted molar refractivity (Wildman–Crippen MR) is 37.1 cm³/mol. The molecule has 0 radical (unpaired) electrons. The summed E-state index contributed by atoms with van der Waals surface area (Å²) in [6.07, 6.45) is 2.47. The summed E-state index contributed by atoms with van der Waals surface area (Å²) in [6, 6.07) is 3.38. The minimum Gasteiger partial charge on any atom is -0.469 e. The second-order valence-corrected chi connectivity index (χ2v) is 1.97. The zero-order valence-electron chi connectivity index (χ0n) is 5.73. The number of nitrogens with zero attached hydrogens (tertiary/aromatic N) is 2. The van der Waals surface area contributed by atoms with Crippen molar-refractivity contribution in [2.75, 3.05) is 0 Å². The van der Waals surface area contributed by atoms with E-state index in [1.807, 2.05) is 0 Å². The number of furan rings is 1. The number of rotatable bonds is 3. The van der Waals surface area contributed by atoms with Gasteiger partial charge in [0.25, 0.3) is 0 Å². The van der Waals surface area contributed by atoms with Gasteiger partial charge in [-0.15, -0.1) is 0 Å². The van der Waals surface area contributed by atoms with Crippen molar-refractivity contribution in [3.8, 4) is 0 Å². The minimum atomic E-state index is -0.289. The molecular formula is C7H6N2O2. The van der Waals surface area contributed by atoms with Gasteiger partial charge in [-0.2, -0.15) is 4.79 Å². The lowest BCUT2D eigenvalue weighted by atomic mass is 10.2. The highest BCUT2D eigenvalue weighted by atomic mass is 16.3. The predicted octanol–water partition coefficient (Wildman–Crippen LogP) is 0.692. The topological polar surface area (TPSA) is 66.6 Å². The van der Waals surface area contributed by atoms with Crippen molar-refractivity contribution in [2.45, 2.75) is 6.42 Å². The van der Waals surface area contributed by atoms with E-state index in [2.05, 4.69) is 4.79 Å². The van der Waals surface area contributed by atoms with Gasteiger partial charge in [-0.25, -0.2) is 0 Å². The molecule has 56 valence electrons. The van der Waals surface area contributed by atoms with Gasteiger partial charge < -0.3 is 9.95 Å². The fourth-order valence-electron chi connectivity index (χ4n) is 0.695. The fraction of sp³-hybridized carbons (Fsp3) is 0.143. The van der Waals surface area contributed by atoms with E-state index in [0.717, 1.165) is 6.21 Å². The van der Waals surface area contributed by atoms with Crippen LogP contribution in [0.2, 0.25) is 0 Å². The van der Waals surface area contributed by atoms with Crippen LogP contribution in [0.1, 0.15) is 5.76 Å². The molecule has 11 heavy (non-hydrogen) atoms. The molecule has 4 nitrogen and oxygen atoms in total. The van der Waals surface area contributed by atoms with E-state index in [0.29, 0.717) is 5.76 Å². The summed E-state index contributed by atoms with van der Waals surface area (Å²) in [5, 5.41) is 0. The molecule has 0 amide bonds. The third-order valence-corrected chi connectivity index (χ3v) is 1.13. The zero-order chi connectivity index (χ0) is 8.10. The average molecular weight is 150 g/mol. The van der Waals surface area contributed by atoms with Gasteiger partial charge in [-0.05, 0) is 12.1 Å². The van der Waals surface area contributed by atoms with Crippen LogP contribution >= 0.6 is 0 Å². The van der Waals surface area contributed by atoms with Gasteiger partial charge in [0.1, 0.15) is 5.76 Å². The first-order valence-electron chi connectivity index (χ1n) is 3.05. The zero-order valence-corrected chi connectivity index (χ0v) is 5.73. The van der Waals surface area contributed by atoms with Gasteiger partial charge in [0.15, 0.2) is 0 Å².